The molecule has 2 aliphatic carbocycles. The van der Waals surface area contributed by atoms with Crippen molar-refractivity contribution < 1.29 is 0 Å². The van der Waals surface area contributed by atoms with Crippen LogP contribution < -0.4 is 0 Å². The Balaban J connectivity index is 1.84. The fourth-order valence-corrected chi connectivity index (χ4v) is 3.22. The molecule has 3 atom stereocenters. The van der Waals surface area contributed by atoms with E-state index in [1.807, 2.05) is 0 Å². The summed E-state index contributed by atoms with van der Waals surface area (Å²) >= 11 is 0. The van der Waals surface area contributed by atoms with Crippen molar-refractivity contribution in [1.29, 1.82) is 0 Å². The summed E-state index contributed by atoms with van der Waals surface area (Å²) in [7, 11) is 0. The normalized spacial score (nSPS) is 41.0. The maximum Gasteiger partial charge on any atom is -0.0238 e. The summed E-state index contributed by atoms with van der Waals surface area (Å²) in [6.07, 6.45) is 10.1. The van der Waals surface area contributed by atoms with Crippen LogP contribution >= 0.6 is 0 Å². The molecule has 0 spiro atoms. The summed E-state index contributed by atoms with van der Waals surface area (Å²) < 4.78 is 0. The highest BCUT2D eigenvalue weighted by Crippen LogP contribution is 2.68. The summed E-state index contributed by atoms with van der Waals surface area (Å²) in [5.41, 5.74) is 0.759. The zero-order valence-electron chi connectivity index (χ0n) is 8.31. The van der Waals surface area contributed by atoms with Gasteiger partial charge in [-0.25, -0.2) is 0 Å². The van der Waals surface area contributed by atoms with E-state index in [9.17, 15) is 0 Å². The first-order valence-electron chi connectivity index (χ1n) is 5.62. The van der Waals surface area contributed by atoms with Crippen LogP contribution in [0.15, 0.2) is 0 Å². The molecular weight excluding hydrogens is 144 g/mol. The predicted molar refractivity (Wildman–Crippen MR) is 52.8 cm³/mol. The van der Waals surface area contributed by atoms with Gasteiger partial charge in [0.05, 0.1) is 0 Å². The Labute approximate surface area is 76.7 Å². The molecule has 0 aromatic rings. The summed E-state index contributed by atoms with van der Waals surface area (Å²) in [5.74, 6) is 1.88. The summed E-state index contributed by atoms with van der Waals surface area (Å²) in [5, 5.41) is 0. The highest BCUT2D eigenvalue weighted by atomic mass is 14.6. The Hall–Kier alpha value is 0. The topological polar surface area (TPSA) is 0 Å². The van der Waals surface area contributed by atoms with Crippen LogP contribution in [0, 0.1) is 24.2 Å². The molecule has 2 saturated carbocycles. The number of hydrogen-bond acceptors (Lipinski definition) is 0. The first-order valence-corrected chi connectivity index (χ1v) is 5.62. The number of rotatable bonds is 4. The van der Waals surface area contributed by atoms with Gasteiger partial charge in [0, 0.05) is 0 Å². The van der Waals surface area contributed by atoms with Crippen molar-refractivity contribution in [2.24, 2.45) is 17.3 Å². The second kappa shape index (κ2) is 3.05. The highest BCUT2D eigenvalue weighted by Gasteiger charge is 2.58. The molecule has 0 nitrogen and oxygen atoms in total. The van der Waals surface area contributed by atoms with Crippen LogP contribution in [-0.4, -0.2) is 0 Å². The molecule has 0 bridgehead atoms. The van der Waals surface area contributed by atoms with Crippen molar-refractivity contribution >= 4 is 0 Å². The van der Waals surface area contributed by atoms with E-state index < -0.39 is 0 Å². The maximum absolute atomic E-state index is 4.37. The molecule has 0 heteroatoms. The Morgan fingerprint density at radius 2 is 2.42 bits per heavy atom. The van der Waals surface area contributed by atoms with E-state index >= 15 is 0 Å². The zero-order chi connectivity index (χ0) is 8.60. The molecule has 1 radical (unpaired) electrons. The Morgan fingerprint density at radius 3 is 2.92 bits per heavy atom. The molecule has 0 aromatic carbocycles. The SMILES string of the molecule is [CH2]C(CCCC)C12CCCC1C2. The van der Waals surface area contributed by atoms with Gasteiger partial charge in [0.2, 0.25) is 0 Å². The van der Waals surface area contributed by atoms with E-state index in [0.717, 1.165) is 17.3 Å². The molecule has 2 aliphatic rings. The van der Waals surface area contributed by atoms with Gasteiger partial charge in [0.15, 0.2) is 0 Å². The van der Waals surface area contributed by atoms with Gasteiger partial charge >= 0.3 is 0 Å². The van der Waals surface area contributed by atoms with Gasteiger partial charge in [-0.15, -0.1) is 0 Å². The van der Waals surface area contributed by atoms with Crippen LogP contribution in [0.2, 0.25) is 0 Å². The van der Waals surface area contributed by atoms with Crippen LogP contribution in [0.1, 0.15) is 51.9 Å². The molecule has 0 aromatic heterocycles. The minimum Gasteiger partial charge on any atom is -0.0654 e. The van der Waals surface area contributed by atoms with Crippen LogP contribution in [0.4, 0.5) is 0 Å². The van der Waals surface area contributed by atoms with E-state index in [4.69, 9.17) is 0 Å². The molecule has 2 fully saturated rings. The van der Waals surface area contributed by atoms with Crippen LogP contribution in [0.25, 0.3) is 0 Å². The van der Waals surface area contributed by atoms with Gasteiger partial charge in [-0.05, 0) is 49.9 Å². The third-order valence-electron chi connectivity index (χ3n) is 4.19. The standard InChI is InChI=1S/C12H21/c1-3-4-6-10(2)12-8-5-7-11(12)9-12/h10-11H,2-9H2,1H3. The number of fused-ring (bicyclic) bond motifs is 1. The van der Waals surface area contributed by atoms with Gasteiger partial charge < -0.3 is 0 Å². The fourth-order valence-electron chi connectivity index (χ4n) is 3.22. The Morgan fingerprint density at radius 1 is 1.58 bits per heavy atom. The Kier molecular flexibility index (Phi) is 2.18. The molecule has 2 rings (SSSR count). The molecule has 0 N–H and O–H groups in total. The molecule has 0 amide bonds. The first kappa shape index (κ1) is 8.59. The van der Waals surface area contributed by atoms with Crippen molar-refractivity contribution in [3.63, 3.8) is 0 Å². The molecule has 0 aliphatic heterocycles. The number of hydrogen-bond donors (Lipinski definition) is 0. The lowest BCUT2D eigenvalue weighted by atomic mass is 9.84. The second-order valence-corrected chi connectivity index (χ2v) is 4.87. The van der Waals surface area contributed by atoms with E-state index in [-0.39, 0.29) is 0 Å². The number of unbranched alkanes of at least 4 members (excludes halogenated alkanes) is 1. The predicted octanol–water partition coefficient (Wildman–Crippen LogP) is 3.82. The van der Waals surface area contributed by atoms with Crippen molar-refractivity contribution in [3.8, 4) is 0 Å². The smallest absolute Gasteiger partial charge is 0.0238 e. The van der Waals surface area contributed by atoms with E-state index in [2.05, 4.69) is 13.8 Å². The van der Waals surface area contributed by atoms with Crippen molar-refractivity contribution in [3.05, 3.63) is 6.92 Å². The maximum atomic E-state index is 4.37. The van der Waals surface area contributed by atoms with Gasteiger partial charge in [0.1, 0.15) is 0 Å². The van der Waals surface area contributed by atoms with E-state index in [1.54, 1.807) is 0 Å². The largest absolute Gasteiger partial charge is 0.0654 e. The van der Waals surface area contributed by atoms with Crippen LogP contribution in [0.3, 0.4) is 0 Å². The summed E-state index contributed by atoms with van der Waals surface area (Å²) in [6, 6.07) is 0. The van der Waals surface area contributed by atoms with E-state index in [0.29, 0.717) is 0 Å². The minimum absolute atomic E-state index is 0.759. The van der Waals surface area contributed by atoms with Crippen molar-refractivity contribution in [2.45, 2.75) is 51.9 Å². The second-order valence-electron chi connectivity index (χ2n) is 4.87. The monoisotopic (exact) mass is 165 g/mol. The minimum atomic E-state index is 0.759. The molecule has 12 heavy (non-hydrogen) atoms. The summed E-state index contributed by atoms with van der Waals surface area (Å²) in [4.78, 5) is 0. The van der Waals surface area contributed by atoms with Gasteiger partial charge in [-0.3, -0.25) is 0 Å². The molecule has 0 saturated heterocycles. The van der Waals surface area contributed by atoms with Crippen LogP contribution in [0.5, 0.6) is 0 Å². The van der Waals surface area contributed by atoms with Crippen molar-refractivity contribution in [2.75, 3.05) is 0 Å². The summed E-state index contributed by atoms with van der Waals surface area (Å²) in [6.45, 7) is 6.65. The average Bonchev–Trinajstić information content (AvgIpc) is 2.66. The quantitative estimate of drug-likeness (QED) is 0.594. The molecule has 3 unspecified atom stereocenters. The van der Waals surface area contributed by atoms with Gasteiger partial charge in [-0.2, -0.15) is 0 Å². The van der Waals surface area contributed by atoms with E-state index in [1.165, 1.54) is 44.9 Å². The fraction of sp³-hybridized carbons (Fsp3) is 0.917. The van der Waals surface area contributed by atoms with Gasteiger partial charge in [-0.1, -0.05) is 26.2 Å². The van der Waals surface area contributed by atoms with Crippen LogP contribution in [-0.2, 0) is 0 Å². The lowest BCUT2D eigenvalue weighted by molar-refractivity contribution is 0.324. The van der Waals surface area contributed by atoms with Gasteiger partial charge in [0.25, 0.3) is 0 Å². The average molecular weight is 165 g/mol. The van der Waals surface area contributed by atoms with Crippen molar-refractivity contribution in [1.82, 2.24) is 0 Å². The first-order chi connectivity index (χ1) is 5.79. The molecule has 69 valence electrons. The zero-order valence-corrected chi connectivity index (χ0v) is 8.31. The molecular formula is C12H21. The third kappa shape index (κ3) is 1.20. The Bertz CT molecular complexity index is 161. The highest BCUT2D eigenvalue weighted by molar-refractivity contribution is 5.10. The lowest BCUT2D eigenvalue weighted by Gasteiger charge is -2.20. The third-order valence-corrected chi connectivity index (χ3v) is 4.19. The lowest BCUT2D eigenvalue weighted by Crippen LogP contribution is -2.12. The molecule has 0 heterocycles.